The van der Waals surface area contributed by atoms with Gasteiger partial charge in [-0.2, -0.15) is 0 Å². The molecule has 0 atom stereocenters. The van der Waals surface area contributed by atoms with E-state index in [1.165, 1.54) is 5.06 Å². The van der Waals surface area contributed by atoms with E-state index in [9.17, 15) is 5.21 Å². The van der Waals surface area contributed by atoms with Gasteiger partial charge in [0, 0.05) is 15.8 Å². The van der Waals surface area contributed by atoms with E-state index in [0.717, 1.165) is 16.1 Å². The van der Waals surface area contributed by atoms with Gasteiger partial charge in [0.05, 0.1) is 17.6 Å². The Kier molecular flexibility index (Phi) is 4.55. The van der Waals surface area contributed by atoms with Crippen molar-refractivity contribution in [3.8, 4) is 0 Å². The van der Waals surface area contributed by atoms with Crippen LogP contribution in [0.5, 0.6) is 0 Å². The minimum atomic E-state index is 0.199. The first kappa shape index (κ1) is 15.5. The second-order valence-electron chi connectivity index (χ2n) is 5.09. The molecule has 0 fully saturated rings. The third-order valence-corrected chi connectivity index (χ3v) is 3.70. The highest BCUT2D eigenvalue weighted by Crippen LogP contribution is 2.16. The summed E-state index contributed by atoms with van der Waals surface area (Å²) in [6.07, 6.45) is 1.69. The van der Waals surface area contributed by atoms with Gasteiger partial charge < -0.3 is 0 Å². The van der Waals surface area contributed by atoms with Crippen LogP contribution >= 0.6 is 11.6 Å². The normalized spacial score (nSPS) is 15.8. The van der Waals surface area contributed by atoms with Crippen LogP contribution in [0, 0.1) is 0 Å². The smallest absolute Gasteiger partial charge is 0.146 e. The number of rotatable bonds is 3. The summed E-state index contributed by atoms with van der Waals surface area (Å²) in [5.41, 5.74) is 1.55. The first-order chi connectivity index (χ1) is 11.2. The van der Waals surface area contributed by atoms with E-state index < -0.39 is 0 Å². The van der Waals surface area contributed by atoms with Crippen LogP contribution in [0.1, 0.15) is 5.56 Å². The zero-order chi connectivity index (χ0) is 16.2. The predicted molar refractivity (Wildman–Crippen MR) is 92.2 cm³/mol. The van der Waals surface area contributed by atoms with E-state index in [-0.39, 0.29) is 6.54 Å². The predicted octanol–water partition coefficient (Wildman–Crippen LogP) is 2.41. The fraction of sp³-hybridized carbons (Fsp3) is 0.111. The number of hydrogen-bond acceptors (Lipinski definition) is 3. The highest BCUT2D eigenvalue weighted by molar-refractivity contribution is 6.30. The van der Waals surface area contributed by atoms with Crippen LogP contribution in [0.15, 0.2) is 71.2 Å². The molecule has 0 saturated carbocycles. The number of hydroxylamine groups is 2. The lowest BCUT2D eigenvalue weighted by Crippen LogP contribution is -2.31. The molecule has 1 N–H and O–H groups in total. The molecule has 0 spiro atoms. The van der Waals surface area contributed by atoms with Gasteiger partial charge in [0.25, 0.3) is 0 Å². The van der Waals surface area contributed by atoms with Crippen LogP contribution in [-0.2, 0) is 0 Å². The number of amidine groups is 1. The SMILES string of the molecule is C=CCN=C1CN(O)C(c2ccccc2)=c2cc(Cl)ccc2=N1. The number of aliphatic imine (C=N–C) groups is 1. The highest BCUT2D eigenvalue weighted by atomic mass is 35.5. The number of benzene rings is 2. The molecule has 1 aliphatic heterocycles. The monoisotopic (exact) mass is 325 g/mol. The molecule has 1 aliphatic rings. The van der Waals surface area contributed by atoms with E-state index in [0.29, 0.717) is 23.1 Å². The van der Waals surface area contributed by atoms with Crippen LogP contribution in [0.25, 0.3) is 5.70 Å². The first-order valence-corrected chi connectivity index (χ1v) is 7.61. The van der Waals surface area contributed by atoms with E-state index in [2.05, 4.69) is 16.6 Å². The Labute approximate surface area is 139 Å². The summed E-state index contributed by atoms with van der Waals surface area (Å²) in [6.45, 7) is 4.31. The maximum atomic E-state index is 10.6. The number of fused-ring (bicyclic) bond motifs is 1. The van der Waals surface area contributed by atoms with Gasteiger partial charge in [0.2, 0.25) is 0 Å². The largest absolute Gasteiger partial charge is 0.288 e. The molecular weight excluding hydrogens is 310 g/mol. The van der Waals surface area contributed by atoms with Gasteiger partial charge >= 0.3 is 0 Å². The summed E-state index contributed by atoms with van der Waals surface area (Å²) in [5, 5.41) is 13.9. The van der Waals surface area contributed by atoms with Crippen LogP contribution in [-0.4, -0.2) is 29.2 Å². The van der Waals surface area contributed by atoms with Crippen LogP contribution in [0.4, 0.5) is 0 Å². The van der Waals surface area contributed by atoms with Crippen molar-refractivity contribution in [2.45, 2.75) is 0 Å². The molecule has 1 heterocycles. The van der Waals surface area contributed by atoms with Crippen molar-refractivity contribution >= 4 is 23.1 Å². The zero-order valence-electron chi connectivity index (χ0n) is 12.5. The first-order valence-electron chi connectivity index (χ1n) is 7.23. The van der Waals surface area contributed by atoms with Gasteiger partial charge in [-0.3, -0.25) is 10.2 Å². The average molecular weight is 326 g/mol. The number of nitrogens with zero attached hydrogens (tertiary/aromatic N) is 3. The molecule has 0 bridgehead atoms. The molecule has 3 rings (SSSR count). The van der Waals surface area contributed by atoms with Gasteiger partial charge in [0.15, 0.2) is 0 Å². The van der Waals surface area contributed by atoms with Gasteiger partial charge in [-0.05, 0) is 18.2 Å². The summed E-state index contributed by atoms with van der Waals surface area (Å²) in [4.78, 5) is 8.91. The third-order valence-electron chi connectivity index (χ3n) is 3.46. The fourth-order valence-electron chi connectivity index (χ4n) is 2.48. The standard InChI is InChI=1S/C18H16ClN3O/c1-2-10-20-17-12-22(23)18(13-6-4-3-5-7-13)15-11-14(19)8-9-16(15)21-17/h2-9,11,23H,1,10,12H2. The Bertz CT molecular complexity index is 875. The molecule has 116 valence electrons. The molecule has 0 amide bonds. The van der Waals surface area contributed by atoms with Gasteiger partial charge in [-0.1, -0.05) is 48.0 Å². The Morgan fingerprint density at radius 2 is 2.04 bits per heavy atom. The van der Waals surface area contributed by atoms with Gasteiger partial charge in [0.1, 0.15) is 12.4 Å². The molecule has 2 aromatic carbocycles. The Morgan fingerprint density at radius 1 is 1.26 bits per heavy atom. The Balaban J connectivity index is 2.32. The van der Waals surface area contributed by atoms with E-state index in [4.69, 9.17) is 11.6 Å². The van der Waals surface area contributed by atoms with Crippen LogP contribution in [0.3, 0.4) is 0 Å². The molecule has 0 aliphatic carbocycles. The summed E-state index contributed by atoms with van der Waals surface area (Å²) >= 11 is 6.15. The molecule has 5 heteroatoms. The maximum Gasteiger partial charge on any atom is 0.146 e. The summed E-state index contributed by atoms with van der Waals surface area (Å²) in [7, 11) is 0. The number of halogens is 1. The average Bonchev–Trinajstić information content (AvgIpc) is 2.69. The number of hydrogen-bond donors (Lipinski definition) is 1. The molecule has 0 radical (unpaired) electrons. The van der Waals surface area contributed by atoms with E-state index >= 15 is 0 Å². The minimum absolute atomic E-state index is 0.199. The summed E-state index contributed by atoms with van der Waals surface area (Å²) in [6, 6.07) is 15.1. The lowest BCUT2D eigenvalue weighted by Gasteiger charge is -2.19. The van der Waals surface area contributed by atoms with E-state index in [1.54, 1.807) is 12.1 Å². The van der Waals surface area contributed by atoms with Crippen molar-refractivity contribution in [1.82, 2.24) is 5.06 Å². The van der Waals surface area contributed by atoms with Crippen molar-refractivity contribution in [2.75, 3.05) is 13.1 Å². The van der Waals surface area contributed by atoms with Crippen molar-refractivity contribution in [3.63, 3.8) is 0 Å². The fourth-order valence-corrected chi connectivity index (χ4v) is 2.65. The summed E-state index contributed by atoms with van der Waals surface area (Å²) in [5.74, 6) is 0.543. The topological polar surface area (TPSA) is 48.2 Å². The molecule has 0 saturated heterocycles. The van der Waals surface area contributed by atoms with Gasteiger partial charge in [-0.15, -0.1) is 6.58 Å². The molecule has 0 aromatic heterocycles. The quantitative estimate of drug-likeness (QED) is 0.881. The minimum Gasteiger partial charge on any atom is -0.288 e. The highest BCUT2D eigenvalue weighted by Gasteiger charge is 2.17. The lowest BCUT2D eigenvalue weighted by atomic mass is 10.1. The summed E-state index contributed by atoms with van der Waals surface area (Å²) < 4.78 is 0. The molecule has 2 aromatic rings. The van der Waals surface area contributed by atoms with E-state index in [1.807, 2.05) is 42.5 Å². The lowest BCUT2D eigenvalue weighted by molar-refractivity contribution is -0.0120. The molecular formula is C18H16ClN3O. The van der Waals surface area contributed by atoms with Crippen molar-refractivity contribution < 1.29 is 5.21 Å². The van der Waals surface area contributed by atoms with Crippen molar-refractivity contribution in [2.24, 2.45) is 9.98 Å². The Morgan fingerprint density at radius 3 is 2.78 bits per heavy atom. The molecule has 0 unspecified atom stereocenters. The zero-order valence-corrected chi connectivity index (χ0v) is 13.2. The Hall–Kier alpha value is -2.43. The molecule has 23 heavy (non-hydrogen) atoms. The van der Waals surface area contributed by atoms with Gasteiger partial charge in [-0.25, -0.2) is 10.1 Å². The maximum absolute atomic E-state index is 10.6. The van der Waals surface area contributed by atoms with Crippen molar-refractivity contribution in [3.05, 3.63) is 82.3 Å². The molecule has 4 nitrogen and oxygen atoms in total. The second-order valence-corrected chi connectivity index (χ2v) is 5.53. The third kappa shape index (κ3) is 3.33. The van der Waals surface area contributed by atoms with Crippen molar-refractivity contribution in [1.29, 1.82) is 0 Å². The van der Waals surface area contributed by atoms with Crippen LogP contribution in [0.2, 0.25) is 5.02 Å². The second kappa shape index (κ2) is 6.77. The van der Waals surface area contributed by atoms with Crippen LogP contribution < -0.4 is 10.6 Å².